The molecule has 3 aromatic heterocycles. The van der Waals surface area contributed by atoms with Gasteiger partial charge in [0.25, 0.3) is 0 Å². The maximum Gasteiger partial charge on any atom is 0.131 e. The molecule has 11 aromatic rings. The fraction of sp³-hybridized carbons (Fsp3) is 0.0392. The van der Waals surface area contributed by atoms with Gasteiger partial charge in [-0.05, 0) is 65.7 Å². The minimum atomic E-state index is -0.277. The van der Waals surface area contributed by atoms with Crippen LogP contribution >= 0.6 is 11.3 Å². The lowest BCUT2D eigenvalue weighted by molar-refractivity contribution is 0.409. The van der Waals surface area contributed by atoms with Crippen molar-refractivity contribution in [3.05, 3.63) is 205 Å². The predicted molar refractivity (Wildman–Crippen MR) is 239 cm³/mol. The molecule has 2 atom stereocenters. The number of aliphatic imine (C=N–C) groups is 1. The van der Waals surface area contributed by atoms with Crippen LogP contribution in [0.15, 0.2) is 193 Å². The molecule has 5 nitrogen and oxygen atoms in total. The van der Waals surface area contributed by atoms with Crippen LogP contribution in [0.2, 0.25) is 0 Å². The van der Waals surface area contributed by atoms with Gasteiger partial charge < -0.3 is 14.5 Å². The average Bonchev–Trinajstić information content (AvgIpc) is 3.93. The molecule has 1 aliphatic rings. The summed E-state index contributed by atoms with van der Waals surface area (Å²) in [6.07, 6.45) is -0.392. The van der Waals surface area contributed by atoms with E-state index in [-0.39, 0.29) is 12.3 Å². The Balaban J connectivity index is 1.12. The standard InChI is InChI=1S/C51H35N5S/c1-4-15-32(16-5-1)49-52-50(33-17-6-2-7-18-33)54-51(53-49)34-19-14-22-36(29-34)56-43-28-27-39-38-24-11-13-26-46(38)57-48(39)47(43)41-30-40-37-23-10-12-25-42(37)55(44(40)31-45(41)56)35-20-8-3-9-21-35/h1-31,49,51,53H,(H,52,54). The maximum atomic E-state index is 5.30. The van der Waals surface area contributed by atoms with Gasteiger partial charge in [0.05, 0.1) is 22.1 Å². The zero-order valence-electron chi connectivity index (χ0n) is 30.8. The highest BCUT2D eigenvalue weighted by Crippen LogP contribution is 2.45. The minimum Gasteiger partial charge on any atom is -0.350 e. The molecule has 2 N–H and O–H groups in total. The number of nitrogens with zero attached hydrogens (tertiary/aromatic N) is 3. The first-order chi connectivity index (χ1) is 28.3. The van der Waals surface area contributed by atoms with E-state index in [1.165, 1.54) is 63.8 Å². The summed E-state index contributed by atoms with van der Waals surface area (Å²) in [4.78, 5) is 5.30. The van der Waals surface area contributed by atoms with Gasteiger partial charge in [-0.15, -0.1) is 11.3 Å². The van der Waals surface area contributed by atoms with Gasteiger partial charge in [-0.1, -0.05) is 133 Å². The fourth-order valence-electron chi connectivity index (χ4n) is 9.00. The van der Waals surface area contributed by atoms with Crippen molar-refractivity contribution in [3.63, 3.8) is 0 Å². The third-order valence-electron chi connectivity index (χ3n) is 11.6. The van der Waals surface area contributed by atoms with E-state index in [0.717, 1.165) is 33.9 Å². The number of amidine groups is 1. The highest BCUT2D eigenvalue weighted by Gasteiger charge is 2.27. The summed E-state index contributed by atoms with van der Waals surface area (Å²) in [7, 11) is 0. The summed E-state index contributed by atoms with van der Waals surface area (Å²) < 4.78 is 7.52. The van der Waals surface area contributed by atoms with Gasteiger partial charge >= 0.3 is 0 Å². The van der Waals surface area contributed by atoms with Crippen LogP contribution in [0, 0.1) is 0 Å². The van der Waals surface area contributed by atoms with Crippen LogP contribution in [0.1, 0.15) is 29.0 Å². The van der Waals surface area contributed by atoms with Gasteiger partial charge in [0.15, 0.2) is 0 Å². The average molecular weight is 750 g/mol. The number of aromatic nitrogens is 2. The molecular formula is C51H35N5S. The molecule has 6 heteroatoms. The molecule has 0 bridgehead atoms. The zero-order valence-corrected chi connectivity index (χ0v) is 31.6. The maximum absolute atomic E-state index is 5.30. The Labute approximate surface area is 332 Å². The Morgan fingerprint density at radius 1 is 0.456 bits per heavy atom. The highest BCUT2D eigenvalue weighted by molar-refractivity contribution is 7.26. The van der Waals surface area contributed by atoms with Crippen LogP contribution in [0.4, 0.5) is 0 Å². The third kappa shape index (κ3) is 5.08. The number of hydrogen-bond acceptors (Lipinski definition) is 4. The Kier molecular flexibility index (Phi) is 7.24. The first-order valence-electron chi connectivity index (χ1n) is 19.4. The summed E-state index contributed by atoms with van der Waals surface area (Å²) in [5.41, 5.74) is 10.3. The zero-order chi connectivity index (χ0) is 37.5. The van der Waals surface area contributed by atoms with Crippen LogP contribution in [-0.4, -0.2) is 15.0 Å². The molecule has 0 aliphatic carbocycles. The third-order valence-corrected chi connectivity index (χ3v) is 12.8. The van der Waals surface area contributed by atoms with Crippen molar-refractivity contribution in [1.82, 2.24) is 19.8 Å². The molecule has 8 aromatic carbocycles. The molecule has 0 radical (unpaired) electrons. The first kappa shape index (κ1) is 32.3. The van der Waals surface area contributed by atoms with E-state index in [0.29, 0.717) is 0 Å². The van der Waals surface area contributed by atoms with Crippen molar-refractivity contribution in [2.24, 2.45) is 4.99 Å². The van der Waals surface area contributed by atoms with Crippen molar-refractivity contribution in [3.8, 4) is 11.4 Å². The van der Waals surface area contributed by atoms with E-state index >= 15 is 0 Å². The van der Waals surface area contributed by atoms with Gasteiger partial charge in [-0.3, -0.25) is 5.32 Å². The second kappa shape index (κ2) is 12.8. The van der Waals surface area contributed by atoms with Crippen LogP contribution in [0.25, 0.3) is 75.2 Å². The van der Waals surface area contributed by atoms with Crippen LogP contribution in [0.5, 0.6) is 0 Å². The van der Waals surface area contributed by atoms with Crippen LogP contribution in [-0.2, 0) is 0 Å². The molecule has 1 aliphatic heterocycles. The Morgan fingerprint density at radius 2 is 1.12 bits per heavy atom. The number of nitrogens with one attached hydrogen (secondary N) is 2. The minimum absolute atomic E-state index is 0.116. The summed E-state index contributed by atoms with van der Waals surface area (Å²) in [6.45, 7) is 0. The van der Waals surface area contributed by atoms with Gasteiger partial charge in [0, 0.05) is 58.7 Å². The van der Waals surface area contributed by atoms with Crippen molar-refractivity contribution >= 4 is 81.0 Å². The van der Waals surface area contributed by atoms with E-state index < -0.39 is 0 Å². The molecule has 0 fully saturated rings. The van der Waals surface area contributed by atoms with Gasteiger partial charge in [0.1, 0.15) is 18.2 Å². The lowest BCUT2D eigenvalue weighted by atomic mass is 10.1. The second-order valence-corrected chi connectivity index (χ2v) is 15.9. The summed E-state index contributed by atoms with van der Waals surface area (Å²) in [6, 6.07) is 67.8. The molecule has 12 rings (SSSR count). The van der Waals surface area contributed by atoms with Crippen molar-refractivity contribution in [2.75, 3.05) is 0 Å². The smallest absolute Gasteiger partial charge is 0.131 e. The summed E-state index contributed by atoms with van der Waals surface area (Å²) >= 11 is 1.89. The van der Waals surface area contributed by atoms with E-state index in [2.05, 4.69) is 202 Å². The Morgan fingerprint density at radius 3 is 1.96 bits per heavy atom. The lowest BCUT2D eigenvalue weighted by Gasteiger charge is -2.32. The van der Waals surface area contributed by atoms with Gasteiger partial charge in [-0.25, -0.2) is 4.99 Å². The van der Waals surface area contributed by atoms with Crippen LogP contribution in [0.3, 0.4) is 0 Å². The lowest BCUT2D eigenvalue weighted by Crippen LogP contribution is -2.44. The van der Waals surface area contributed by atoms with E-state index in [1.54, 1.807) is 0 Å². The molecule has 270 valence electrons. The highest BCUT2D eigenvalue weighted by atomic mass is 32.1. The molecule has 0 spiro atoms. The topological polar surface area (TPSA) is 46.3 Å². The molecule has 0 saturated heterocycles. The molecule has 0 amide bonds. The van der Waals surface area contributed by atoms with Crippen LogP contribution < -0.4 is 10.6 Å². The SMILES string of the molecule is c1ccc(C2=NC(c3cccc(-n4c5cc6c(cc5c5c7sc8ccccc8c7ccc54)c4ccccc4n6-c4ccccc4)c3)NC(c3ccccc3)N2)cc1. The molecule has 4 heterocycles. The largest absolute Gasteiger partial charge is 0.350 e. The van der Waals surface area contributed by atoms with Crippen molar-refractivity contribution in [1.29, 1.82) is 0 Å². The monoisotopic (exact) mass is 749 g/mol. The van der Waals surface area contributed by atoms with Crippen molar-refractivity contribution < 1.29 is 0 Å². The Bertz CT molecular complexity index is 3360. The predicted octanol–water partition coefficient (Wildman–Crippen LogP) is 12.6. The fourth-order valence-corrected chi connectivity index (χ4v) is 10.3. The van der Waals surface area contributed by atoms with E-state index in [1.807, 2.05) is 17.4 Å². The first-order valence-corrected chi connectivity index (χ1v) is 20.3. The molecule has 2 unspecified atom stereocenters. The van der Waals surface area contributed by atoms with Gasteiger partial charge in [-0.2, -0.15) is 0 Å². The van der Waals surface area contributed by atoms with Crippen molar-refractivity contribution in [2.45, 2.75) is 12.3 Å². The molecule has 57 heavy (non-hydrogen) atoms. The number of para-hydroxylation sites is 2. The number of hydrogen-bond donors (Lipinski definition) is 2. The van der Waals surface area contributed by atoms with Gasteiger partial charge in [0.2, 0.25) is 0 Å². The number of rotatable bonds is 5. The number of thiophene rings is 1. The second-order valence-electron chi connectivity index (χ2n) is 14.8. The van der Waals surface area contributed by atoms with E-state index in [4.69, 9.17) is 4.99 Å². The summed E-state index contributed by atoms with van der Waals surface area (Å²) in [5.74, 6) is 0.874. The quantitative estimate of drug-likeness (QED) is 0.184. The number of fused-ring (bicyclic) bond motifs is 10. The molecular weight excluding hydrogens is 715 g/mol. The Hall–Kier alpha value is -6.99. The number of benzene rings is 8. The molecule has 0 saturated carbocycles. The van der Waals surface area contributed by atoms with E-state index in [9.17, 15) is 0 Å². The summed E-state index contributed by atoms with van der Waals surface area (Å²) in [5, 5.41) is 15.2. The normalized spacial score (nSPS) is 15.9.